The zero-order valence-corrected chi connectivity index (χ0v) is 21.5. The van der Waals surface area contributed by atoms with E-state index in [1.165, 1.54) is 16.1 Å². The lowest BCUT2D eigenvalue weighted by molar-refractivity contribution is 0.0951. The minimum Gasteiger partial charge on any atom is -0.451 e. The van der Waals surface area contributed by atoms with Gasteiger partial charge in [0.2, 0.25) is 10.0 Å². The van der Waals surface area contributed by atoms with E-state index < -0.39 is 15.9 Å². The van der Waals surface area contributed by atoms with Crippen LogP contribution < -0.4 is 15.5 Å². The fraction of sp³-hybridized carbons (Fsp3) is 0.280. The zero-order valence-electron chi connectivity index (χ0n) is 19.9. The van der Waals surface area contributed by atoms with Crippen LogP contribution in [-0.2, 0) is 10.0 Å². The van der Waals surface area contributed by atoms with Crippen LogP contribution >= 0.6 is 12.2 Å². The Bertz CT molecular complexity index is 1360. The third-order valence-corrected chi connectivity index (χ3v) is 7.56. The molecule has 184 valence electrons. The SMILES string of the molecule is Cc1ccc(-c2ccc(C(=O)NC(=S)Nc3ccccc3N3CCN(S(C)(=O)=O)CC3)o2)cc1C. The first-order valence-electron chi connectivity index (χ1n) is 11.2. The third-order valence-electron chi connectivity index (χ3n) is 6.05. The van der Waals surface area contributed by atoms with Crippen LogP contribution in [0.15, 0.2) is 59.0 Å². The smallest absolute Gasteiger partial charge is 0.293 e. The summed E-state index contributed by atoms with van der Waals surface area (Å²) in [6, 6.07) is 17.0. The highest BCUT2D eigenvalue weighted by Crippen LogP contribution is 2.27. The Morgan fingerprint density at radius 2 is 1.69 bits per heavy atom. The second kappa shape index (κ2) is 10.2. The second-order valence-corrected chi connectivity index (χ2v) is 10.9. The highest BCUT2D eigenvalue weighted by atomic mass is 32.2. The van der Waals surface area contributed by atoms with Crippen LogP contribution in [0.1, 0.15) is 21.7 Å². The summed E-state index contributed by atoms with van der Waals surface area (Å²) in [5.41, 5.74) is 4.84. The van der Waals surface area contributed by atoms with Crippen molar-refractivity contribution in [2.45, 2.75) is 13.8 Å². The van der Waals surface area contributed by atoms with E-state index in [0.717, 1.165) is 22.5 Å². The Hall–Kier alpha value is -3.21. The molecule has 1 fully saturated rings. The Morgan fingerprint density at radius 1 is 0.971 bits per heavy atom. The van der Waals surface area contributed by atoms with Crippen LogP contribution in [0.25, 0.3) is 11.3 Å². The predicted molar refractivity (Wildman–Crippen MR) is 142 cm³/mol. The average Bonchev–Trinajstić information content (AvgIpc) is 3.31. The molecule has 2 aromatic carbocycles. The third kappa shape index (κ3) is 5.90. The molecule has 2 heterocycles. The quantitative estimate of drug-likeness (QED) is 0.503. The van der Waals surface area contributed by atoms with Crippen LogP contribution in [0.5, 0.6) is 0 Å². The van der Waals surface area contributed by atoms with Gasteiger partial charge in [-0.15, -0.1) is 0 Å². The van der Waals surface area contributed by atoms with Gasteiger partial charge in [0.1, 0.15) is 5.76 Å². The molecule has 1 aliphatic rings. The molecule has 10 heteroatoms. The van der Waals surface area contributed by atoms with E-state index in [1.807, 2.05) is 56.3 Å². The lowest BCUT2D eigenvalue weighted by Gasteiger charge is -2.35. The number of amides is 1. The number of furan rings is 1. The van der Waals surface area contributed by atoms with Gasteiger partial charge in [0.25, 0.3) is 5.91 Å². The minimum atomic E-state index is -3.21. The van der Waals surface area contributed by atoms with Gasteiger partial charge < -0.3 is 14.6 Å². The van der Waals surface area contributed by atoms with Crippen molar-refractivity contribution in [2.75, 3.05) is 42.7 Å². The van der Waals surface area contributed by atoms with Crippen molar-refractivity contribution < 1.29 is 17.6 Å². The fourth-order valence-electron chi connectivity index (χ4n) is 3.94. The normalized spacial score (nSPS) is 14.5. The number of hydrogen-bond donors (Lipinski definition) is 2. The number of para-hydroxylation sites is 2. The molecule has 35 heavy (non-hydrogen) atoms. The van der Waals surface area contributed by atoms with Crippen molar-refractivity contribution >= 4 is 44.6 Å². The summed E-state index contributed by atoms with van der Waals surface area (Å²) >= 11 is 5.38. The number of rotatable bonds is 5. The molecular weight excluding hydrogens is 484 g/mol. The van der Waals surface area contributed by atoms with Gasteiger partial charge in [-0.2, -0.15) is 4.31 Å². The molecule has 0 bridgehead atoms. The molecule has 0 radical (unpaired) electrons. The summed E-state index contributed by atoms with van der Waals surface area (Å²) < 4.78 is 30.8. The highest BCUT2D eigenvalue weighted by molar-refractivity contribution is 7.88. The van der Waals surface area contributed by atoms with Gasteiger partial charge in [-0.1, -0.05) is 24.3 Å². The summed E-state index contributed by atoms with van der Waals surface area (Å²) in [7, 11) is -3.21. The maximum Gasteiger partial charge on any atom is 0.293 e. The number of aryl methyl sites for hydroxylation is 2. The number of thiocarbonyl (C=S) groups is 1. The van der Waals surface area contributed by atoms with Gasteiger partial charge in [-0.05, 0) is 67.5 Å². The summed E-state index contributed by atoms with van der Waals surface area (Å²) in [6.07, 6.45) is 1.23. The van der Waals surface area contributed by atoms with Crippen molar-refractivity contribution in [3.8, 4) is 11.3 Å². The number of benzene rings is 2. The van der Waals surface area contributed by atoms with E-state index >= 15 is 0 Å². The van der Waals surface area contributed by atoms with E-state index in [1.54, 1.807) is 12.1 Å². The van der Waals surface area contributed by atoms with Crippen LogP contribution in [0.2, 0.25) is 0 Å². The summed E-state index contributed by atoms with van der Waals surface area (Å²) in [4.78, 5) is 14.8. The Kier molecular flexibility index (Phi) is 7.25. The molecule has 0 atom stereocenters. The Balaban J connectivity index is 1.40. The van der Waals surface area contributed by atoms with Gasteiger partial charge in [0.15, 0.2) is 10.9 Å². The molecule has 1 aromatic heterocycles. The van der Waals surface area contributed by atoms with Gasteiger partial charge in [-0.25, -0.2) is 8.42 Å². The molecule has 1 amide bonds. The summed E-state index contributed by atoms with van der Waals surface area (Å²) in [6.45, 7) is 6.01. The molecule has 2 N–H and O–H groups in total. The number of anilines is 2. The average molecular weight is 513 g/mol. The first kappa shape index (κ1) is 24.9. The van der Waals surface area contributed by atoms with Crippen LogP contribution in [-0.4, -0.2) is 56.2 Å². The minimum absolute atomic E-state index is 0.140. The van der Waals surface area contributed by atoms with Gasteiger partial charge in [0, 0.05) is 31.7 Å². The molecule has 0 unspecified atom stereocenters. The monoisotopic (exact) mass is 512 g/mol. The van der Waals surface area contributed by atoms with Crippen molar-refractivity contribution in [3.05, 3.63) is 71.5 Å². The Morgan fingerprint density at radius 3 is 2.37 bits per heavy atom. The molecule has 0 saturated carbocycles. The molecular formula is C25H28N4O4S2. The molecule has 4 rings (SSSR count). The number of hydrogen-bond acceptors (Lipinski definition) is 6. The van der Waals surface area contributed by atoms with E-state index in [9.17, 15) is 13.2 Å². The lowest BCUT2D eigenvalue weighted by atomic mass is 10.1. The van der Waals surface area contributed by atoms with Crippen molar-refractivity contribution in [1.82, 2.24) is 9.62 Å². The number of nitrogens with one attached hydrogen (secondary N) is 2. The number of piperazine rings is 1. The molecule has 1 aliphatic heterocycles. The fourth-order valence-corrected chi connectivity index (χ4v) is 4.97. The van der Waals surface area contributed by atoms with Crippen molar-refractivity contribution in [1.29, 1.82) is 0 Å². The number of carbonyl (C=O) groups is 1. The standard InChI is InChI=1S/C25H28N4O4S2/c1-17-8-9-19(16-18(17)2)22-10-11-23(33-22)24(30)27-25(34)26-20-6-4-5-7-21(20)28-12-14-29(15-13-28)35(3,31)32/h4-11,16H,12-15H2,1-3H3,(H2,26,27,30,34). The molecule has 0 spiro atoms. The molecule has 3 aromatic rings. The number of carbonyl (C=O) groups excluding carboxylic acids is 1. The van der Waals surface area contributed by atoms with Crippen LogP contribution in [0, 0.1) is 13.8 Å². The first-order chi connectivity index (χ1) is 16.6. The van der Waals surface area contributed by atoms with E-state index in [0.29, 0.717) is 31.9 Å². The topological polar surface area (TPSA) is 94.9 Å². The van der Waals surface area contributed by atoms with Crippen molar-refractivity contribution in [3.63, 3.8) is 0 Å². The van der Waals surface area contributed by atoms with Crippen LogP contribution in [0.3, 0.4) is 0 Å². The molecule has 8 nitrogen and oxygen atoms in total. The number of sulfonamides is 1. The zero-order chi connectivity index (χ0) is 25.2. The lowest BCUT2D eigenvalue weighted by Crippen LogP contribution is -2.48. The van der Waals surface area contributed by atoms with Gasteiger partial charge in [0.05, 0.1) is 17.6 Å². The first-order valence-corrected chi connectivity index (χ1v) is 13.5. The van der Waals surface area contributed by atoms with E-state index in [-0.39, 0.29) is 10.9 Å². The van der Waals surface area contributed by atoms with Crippen molar-refractivity contribution in [2.24, 2.45) is 0 Å². The van der Waals surface area contributed by atoms with E-state index in [2.05, 4.69) is 15.5 Å². The summed E-state index contributed by atoms with van der Waals surface area (Å²) in [5, 5.41) is 5.90. The predicted octanol–water partition coefficient (Wildman–Crippen LogP) is 3.77. The maximum absolute atomic E-state index is 12.7. The summed E-state index contributed by atoms with van der Waals surface area (Å²) in [5.74, 6) is 0.320. The Labute approximate surface area is 211 Å². The second-order valence-electron chi connectivity index (χ2n) is 8.54. The maximum atomic E-state index is 12.7. The number of nitrogens with zero attached hydrogens (tertiary/aromatic N) is 2. The van der Waals surface area contributed by atoms with Gasteiger partial charge >= 0.3 is 0 Å². The molecule has 0 aliphatic carbocycles. The van der Waals surface area contributed by atoms with Crippen LogP contribution in [0.4, 0.5) is 11.4 Å². The van der Waals surface area contributed by atoms with E-state index in [4.69, 9.17) is 16.6 Å². The highest BCUT2D eigenvalue weighted by Gasteiger charge is 2.25. The van der Waals surface area contributed by atoms with Gasteiger partial charge in [-0.3, -0.25) is 10.1 Å². The molecule has 1 saturated heterocycles. The largest absolute Gasteiger partial charge is 0.451 e.